The Morgan fingerprint density at radius 2 is 1.95 bits per heavy atom. The topological polar surface area (TPSA) is 79.8 Å². The molecule has 0 aromatic rings. The summed E-state index contributed by atoms with van der Waals surface area (Å²) in [4.78, 5) is 12.8. The summed E-state index contributed by atoms with van der Waals surface area (Å²) in [5.74, 6) is 0.0109. The quantitative estimate of drug-likeness (QED) is 0.644. The first kappa shape index (κ1) is 15.7. The first-order chi connectivity index (χ1) is 9.66. The molecule has 2 aliphatic rings. The Hall–Kier alpha value is -0.690. The van der Waals surface area contributed by atoms with Crippen LogP contribution in [0.25, 0.3) is 0 Å². The zero-order valence-corrected chi connectivity index (χ0v) is 12.2. The summed E-state index contributed by atoms with van der Waals surface area (Å²) in [6.45, 7) is 3.21. The normalized spacial score (nSPS) is 25.1. The minimum Gasteiger partial charge on any atom is -0.394 e. The highest BCUT2D eigenvalue weighted by Crippen LogP contribution is 2.31. The molecule has 2 heterocycles. The van der Waals surface area contributed by atoms with Crippen LogP contribution in [-0.2, 0) is 14.3 Å². The average Bonchev–Trinajstić information content (AvgIpc) is 2.49. The maximum atomic E-state index is 12.8. The highest BCUT2D eigenvalue weighted by atomic mass is 16.5. The van der Waals surface area contributed by atoms with Gasteiger partial charge in [0.25, 0.3) is 0 Å². The molecule has 0 saturated carbocycles. The molecule has 116 valence electrons. The molecule has 0 aromatic carbocycles. The molecule has 20 heavy (non-hydrogen) atoms. The molecule has 0 aliphatic carbocycles. The van der Waals surface area contributed by atoms with Crippen molar-refractivity contribution in [2.75, 3.05) is 46.6 Å². The third kappa shape index (κ3) is 3.31. The first-order valence-corrected chi connectivity index (χ1v) is 7.37. The standard InChI is InChI=1S/C14H26N2O4/c1-19-11-13(2-6-15-7-3-13)12(18)16-14(10-17)4-8-20-9-5-14/h15,17H,2-11H2,1H3,(H,16,18). The molecule has 2 rings (SSSR count). The number of amides is 1. The molecule has 6 nitrogen and oxygen atoms in total. The molecule has 2 aliphatic heterocycles. The van der Waals surface area contributed by atoms with Crippen molar-refractivity contribution in [3.05, 3.63) is 0 Å². The number of aliphatic hydroxyl groups excluding tert-OH is 1. The van der Waals surface area contributed by atoms with E-state index >= 15 is 0 Å². The minimum absolute atomic E-state index is 0.0109. The van der Waals surface area contributed by atoms with E-state index < -0.39 is 11.0 Å². The highest BCUT2D eigenvalue weighted by molar-refractivity contribution is 5.83. The van der Waals surface area contributed by atoms with Gasteiger partial charge in [0.05, 0.1) is 24.2 Å². The molecule has 0 aromatic heterocycles. The van der Waals surface area contributed by atoms with Gasteiger partial charge in [-0.1, -0.05) is 0 Å². The lowest BCUT2D eigenvalue weighted by Crippen LogP contribution is -2.60. The number of rotatable bonds is 5. The molecule has 0 bridgehead atoms. The van der Waals surface area contributed by atoms with Crippen LogP contribution in [-0.4, -0.2) is 63.2 Å². The Morgan fingerprint density at radius 1 is 1.30 bits per heavy atom. The van der Waals surface area contributed by atoms with Gasteiger partial charge in [-0.15, -0.1) is 0 Å². The van der Waals surface area contributed by atoms with Gasteiger partial charge in [0.1, 0.15) is 0 Å². The molecule has 2 saturated heterocycles. The number of hydrogen-bond donors (Lipinski definition) is 3. The van der Waals surface area contributed by atoms with Gasteiger partial charge in [-0.2, -0.15) is 0 Å². The zero-order chi connectivity index (χ0) is 14.5. The Bertz CT molecular complexity index is 318. The Balaban J connectivity index is 2.06. The molecule has 0 atom stereocenters. The molecule has 2 fully saturated rings. The van der Waals surface area contributed by atoms with Crippen molar-refractivity contribution in [3.8, 4) is 0 Å². The van der Waals surface area contributed by atoms with Crippen LogP contribution in [0.5, 0.6) is 0 Å². The molecule has 0 radical (unpaired) electrons. The van der Waals surface area contributed by atoms with Gasteiger partial charge in [-0.05, 0) is 38.8 Å². The van der Waals surface area contributed by atoms with Crippen LogP contribution in [0.15, 0.2) is 0 Å². The van der Waals surface area contributed by atoms with E-state index in [2.05, 4.69) is 10.6 Å². The van der Waals surface area contributed by atoms with E-state index in [-0.39, 0.29) is 12.5 Å². The number of nitrogens with one attached hydrogen (secondary N) is 2. The molecule has 3 N–H and O–H groups in total. The highest BCUT2D eigenvalue weighted by Gasteiger charge is 2.43. The first-order valence-electron chi connectivity index (χ1n) is 7.37. The number of carbonyl (C=O) groups is 1. The third-order valence-corrected chi connectivity index (χ3v) is 4.59. The molecule has 1 amide bonds. The van der Waals surface area contributed by atoms with Crippen molar-refractivity contribution in [1.82, 2.24) is 10.6 Å². The van der Waals surface area contributed by atoms with Crippen LogP contribution in [0.3, 0.4) is 0 Å². The number of hydrogen-bond acceptors (Lipinski definition) is 5. The van der Waals surface area contributed by atoms with E-state index in [1.54, 1.807) is 7.11 Å². The maximum absolute atomic E-state index is 12.8. The molecule has 0 unspecified atom stereocenters. The zero-order valence-electron chi connectivity index (χ0n) is 12.2. The van der Waals surface area contributed by atoms with Crippen LogP contribution < -0.4 is 10.6 Å². The van der Waals surface area contributed by atoms with E-state index in [0.717, 1.165) is 25.9 Å². The second-order valence-corrected chi connectivity index (χ2v) is 5.97. The number of piperidine rings is 1. The van der Waals surface area contributed by atoms with E-state index in [4.69, 9.17) is 9.47 Å². The number of aliphatic hydroxyl groups is 1. The predicted octanol–water partition coefficient (Wildman–Crippen LogP) is -0.340. The van der Waals surface area contributed by atoms with Gasteiger partial charge < -0.3 is 25.2 Å². The van der Waals surface area contributed by atoms with Crippen LogP contribution in [0.2, 0.25) is 0 Å². The summed E-state index contributed by atoms with van der Waals surface area (Å²) < 4.78 is 10.6. The molecular weight excluding hydrogens is 260 g/mol. The summed E-state index contributed by atoms with van der Waals surface area (Å²) in [6.07, 6.45) is 2.86. The van der Waals surface area contributed by atoms with Crippen molar-refractivity contribution in [1.29, 1.82) is 0 Å². The summed E-state index contributed by atoms with van der Waals surface area (Å²) in [6, 6.07) is 0. The van der Waals surface area contributed by atoms with Gasteiger partial charge in [0, 0.05) is 20.3 Å². The molecule has 0 spiro atoms. The molecule has 6 heteroatoms. The smallest absolute Gasteiger partial charge is 0.229 e. The van der Waals surface area contributed by atoms with Crippen LogP contribution >= 0.6 is 0 Å². The lowest BCUT2D eigenvalue weighted by molar-refractivity contribution is -0.140. The van der Waals surface area contributed by atoms with Gasteiger partial charge in [-0.25, -0.2) is 0 Å². The van der Waals surface area contributed by atoms with Crippen LogP contribution in [0.1, 0.15) is 25.7 Å². The van der Waals surface area contributed by atoms with Gasteiger partial charge in [0.2, 0.25) is 5.91 Å². The third-order valence-electron chi connectivity index (χ3n) is 4.59. The summed E-state index contributed by atoms with van der Waals surface area (Å²) in [7, 11) is 1.63. The van der Waals surface area contributed by atoms with Crippen LogP contribution in [0, 0.1) is 5.41 Å². The average molecular weight is 286 g/mol. The fourth-order valence-corrected chi connectivity index (χ4v) is 3.08. The number of ether oxygens (including phenoxy) is 2. The van der Waals surface area contributed by atoms with Crippen molar-refractivity contribution >= 4 is 5.91 Å². The fraction of sp³-hybridized carbons (Fsp3) is 0.929. The lowest BCUT2D eigenvalue weighted by Gasteiger charge is -2.42. The van der Waals surface area contributed by atoms with E-state index in [1.165, 1.54) is 0 Å². The summed E-state index contributed by atoms with van der Waals surface area (Å²) in [5.41, 5.74) is -0.999. The number of carbonyl (C=O) groups excluding carboxylic acids is 1. The van der Waals surface area contributed by atoms with E-state index in [9.17, 15) is 9.90 Å². The number of methoxy groups -OCH3 is 1. The second-order valence-electron chi connectivity index (χ2n) is 5.97. The van der Waals surface area contributed by atoms with E-state index in [0.29, 0.717) is 32.7 Å². The predicted molar refractivity (Wildman–Crippen MR) is 74.4 cm³/mol. The summed E-state index contributed by atoms with van der Waals surface area (Å²) in [5, 5.41) is 16.1. The van der Waals surface area contributed by atoms with Crippen molar-refractivity contribution in [2.45, 2.75) is 31.2 Å². The van der Waals surface area contributed by atoms with Crippen molar-refractivity contribution in [3.63, 3.8) is 0 Å². The Morgan fingerprint density at radius 3 is 2.50 bits per heavy atom. The van der Waals surface area contributed by atoms with Crippen molar-refractivity contribution < 1.29 is 19.4 Å². The largest absolute Gasteiger partial charge is 0.394 e. The second kappa shape index (κ2) is 6.85. The fourth-order valence-electron chi connectivity index (χ4n) is 3.08. The van der Waals surface area contributed by atoms with Gasteiger partial charge >= 0.3 is 0 Å². The molecular formula is C14H26N2O4. The van der Waals surface area contributed by atoms with Gasteiger partial charge in [0.15, 0.2) is 0 Å². The maximum Gasteiger partial charge on any atom is 0.229 e. The monoisotopic (exact) mass is 286 g/mol. The van der Waals surface area contributed by atoms with E-state index in [1.807, 2.05) is 0 Å². The van der Waals surface area contributed by atoms with Crippen LogP contribution in [0.4, 0.5) is 0 Å². The van der Waals surface area contributed by atoms with Gasteiger partial charge in [-0.3, -0.25) is 4.79 Å². The summed E-state index contributed by atoms with van der Waals surface area (Å²) >= 11 is 0. The van der Waals surface area contributed by atoms with Crippen molar-refractivity contribution in [2.24, 2.45) is 5.41 Å². The Kier molecular flexibility index (Phi) is 5.37. The minimum atomic E-state index is -0.527. The lowest BCUT2D eigenvalue weighted by atomic mass is 9.77. The Labute approximate surface area is 120 Å². The SMILES string of the molecule is COCC1(C(=O)NC2(CO)CCOCC2)CCNCC1.